The highest BCUT2D eigenvalue weighted by molar-refractivity contribution is 7.09. The van der Waals surface area contributed by atoms with Crippen LogP contribution in [0.3, 0.4) is 0 Å². The minimum Gasteiger partial charge on any atom is -0.364 e. The zero-order valence-corrected chi connectivity index (χ0v) is 11.8. The maximum atomic E-state index is 12.3. The van der Waals surface area contributed by atoms with Gasteiger partial charge in [0, 0.05) is 29.4 Å². The topological polar surface area (TPSA) is 53.2 Å². The zero-order valence-electron chi connectivity index (χ0n) is 11.0. The highest BCUT2D eigenvalue weighted by atomic mass is 32.1. The Bertz CT molecular complexity index is 617. The second-order valence-corrected chi connectivity index (χ2v) is 5.32. The number of carbonyl (C=O) groups is 1. The molecule has 2 aromatic heterocycles. The molecule has 1 N–H and O–H groups in total. The number of rotatable bonds is 4. The molecule has 0 aliphatic rings. The molecule has 0 unspecified atom stereocenters. The predicted octanol–water partition coefficient (Wildman–Crippen LogP) is 2.41. The van der Waals surface area contributed by atoms with Crippen molar-refractivity contribution < 1.29 is 4.79 Å². The van der Waals surface area contributed by atoms with Crippen molar-refractivity contribution in [1.82, 2.24) is 9.88 Å². The molecule has 0 radical (unpaired) electrons. The third-order valence-corrected chi connectivity index (χ3v) is 3.74. The smallest absolute Gasteiger partial charge is 0.259 e. The van der Waals surface area contributed by atoms with Gasteiger partial charge in [0.1, 0.15) is 5.56 Å². The van der Waals surface area contributed by atoms with E-state index in [1.807, 2.05) is 24.4 Å². The van der Waals surface area contributed by atoms with Crippen LogP contribution in [-0.4, -0.2) is 22.3 Å². The molecule has 0 fully saturated rings. The van der Waals surface area contributed by atoms with Gasteiger partial charge in [0.25, 0.3) is 5.91 Å². The minimum atomic E-state index is -0.231. The van der Waals surface area contributed by atoms with Gasteiger partial charge in [-0.2, -0.15) is 0 Å². The van der Waals surface area contributed by atoms with Crippen LogP contribution in [0.4, 0.5) is 0 Å². The number of thiophene rings is 1. The predicted molar refractivity (Wildman–Crippen MR) is 76.5 cm³/mol. The first kappa shape index (κ1) is 13.5. The first-order valence-corrected chi connectivity index (χ1v) is 7.00. The molecule has 100 valence electrons. The van der Waals surface area contributed by atoms with Gasteiger partial charge in [-0.25, -0.2) is 0 Å². The number of aromatic nitrogens is 1. The van der Waals surface area contributed by atoms with Gasteiger partial charge in [0.05, 0.1) is 6.54 Å². The van der Waals surface area contributed by atoms with Crippen molar-refractivity contribution in [2.24, 2.45) is 0 Å². The SMILES string of the molecule is CCN(Cc1cccs1)C(=O)c1c[nH]c(C)cc1=O. The van der Waals surface area contributed by atoms with Crippen molar-refractivity contribution in [3.05, 3.63) is 56.1 Å². The van der Waals surface area contributed by atoms with Crippen LogP contribution < -0.4 is 5.43 Å². The molecule has 2 rings (SSSR count). The van der Waals surface area contributed by atoms with Crippen LogP contribution in [0.25, 0.3) is 0 Å². The number of nitrogens with one attached hydrogen (secondary N) is 1. The van der Waals surface area contributed by atoms with E-state index < -0.39 is 0 Å². The summed E-state index contributed by atoms with van der Waals surface area (Å²) in [4.78, 5) is 29.9. The van der Waals surface area contributed by atoms with Crippen molar-refractivity contribution in [3.63, 3.8) is 0 Å². The van der Waals surface area contributed by atoms with Crippen molar-refractivity contribution in [2.75, 3.05) is 6.54 Å². The maximum Gasteiger partial charge on any atom is 0.259 e. The number of pyridine rings is 1. The quantitative estimate of drug-likeness (QED) is 0.932. The molecule has 1 amide bonds. The van der Waals surface area contributed by atoms with Crippen molar-refractivity contribution >= 4 is 17.2 Å². The van der Waals surface area contributed by atoms with Gasteiger partial charge < -0.3 is 9.88 Å². The number of aromatic amines is 1. The van der Waals surface area contributed by atoms with Crippen LogP contribution in [0.5, 0.6) is 0 Å². The van der Waals surface area contributed by atoms with Gasteiger partial charge in [-0.3, -0.25) is 9.59 Å². The molecule has 0 aromatic carbocycles. The van der Waals surface area contributed by atoms with Crippen LogP contribution >= 0.6 is 11.3 Å². The fraction of sp³-hybridized carbons (Fsp3) is 0.286. The highest BCUT2D eigenvalue weighted by Gasteiger charge is 2.17. The van der Waals surface area contributed by atoms with Crippen molar-refractivity contribution in [2.45, 2.75) is 20.4 Å². The number of H-pyrrole nitrogens is 1. The van der Waals surface area contributed by atoms with Crippen LogP contribution in [-0.2, 0) is 6.54 Å². The molecule has 0 saturated carbocycles. The van der Waals surface area contributed by atoms with Crippen LogP contribution in [0.15, 0.2) is 34.6 Å². The average molecular weight is 276 g/mol. The Morgan fingerprint density at radius 3 is 2.84 bits per heavy atom. The Hall–Kier alpha value is -1.88. The Balaban J connectivity index is 2.23. The van der Waals surface area contributed by atoms with Crippen LogP contribution in [0.1, 0.15) is 27.9 Å². The second-order valence-electron chi connectivity index (χ2n) is 4.29. The molecule has 0 saturated heterocycles. The van der Waals surface area contributed by atoms with Crippen LogP contribution in [0, 0.1) is 6.92 Å². The summed E-state index contributed by atoms with van der Waals surface area (Å²) in [7, 11) is 0. The molecule has 0 aliphatic heterocycles. The summed E-state index contributed by atoms with van der Waals surface area (Å²) in [6.45, 7) is 4.82. The summed E-state index contributed by atoms with van der Waals surface area (Å²) < 4.78 is 0. The van der Waals surface area contributed by atoms with E-state index in [1.165, 1.54) is 12.3 Å². The first-order chi connectivity index (χ1) is 9.11. The van der Waals surface area contributed by atoms with E-state index in [0.717, 1.165) is 10.6 Å². The van der Waals surface area contributed by atoms with Crippen molar-refractivity contribution in [1.29, 1.82) is 0 Å². The number of nitrogens with zero attached hydrogens (tertiary/aromatic N) is 1. The summed E-state index contributed by atoms with van der Waals surface area (Å²) in [6, 6.07) is 5.39. The lowest BCUT2D eigenvalue weighted by atomic mass is 10.2. The van der Waals surface area contributed by atoms with E-state index in [4.69, 9.17) is 0 Å². The molecule has 0 spiro atoms. The lowest BCUT2D eigenvalue weighted by Gasteiger charge is -2.19. The number of aryl methyl sites for hydroxylation is 1. The number of hydrogen-bond donors (Lipinski definition) is 1. The van der Waals surface area contributed by atoms with E-state index in [9.17, 15) is 9.59 Å². The van der Waals surface area contributed by atoms with Gasteiger partial charge in [-0.15, -0.1) is 11.3 Å². The fourth-order valence-electron chi connectivity index (χ4n) is 1.83. The number of amides is 1. The number of hydrogen-bond acceptors (Lipinski definition) is 3. The first-order valence-electron chi connectivity index (χ1n) is 6.12. The Labute approximate surface area is 115 Å². The second kappa shape index (κ2) is 5.84. The van der Waals surface area contributed by atoms with Crippen LogP contribution in [0.2, 0.25) is 0 Å². The molecule has 4 nitrogen and oxygen atoms in total. The molecule has 0 bridgehead atoms. The fourth-order valence-corrected chi connectivity index (χ4v) is 2.55. The van der Waals surface area contributed by atoms with E-state index in [1.54, 1.807) is 23.2 Å². The van der Waals surface area contributed by atoms with E-state index in [-0.39, 0.29) is 16.9 Å². The summed E-state index contributed by atoms with van der Waals surface area (Å²) in [5, 5.41) is 1.98. The molecule has 19 heavy (non-hydrogen) atoms. The Kier molecular flexibility index (Phi) is 4.16. The zero-order chi connectivity index (χ0) is 13.8. The Morgan fingerprint density at radius 2 is 2.26 bits per heavy atom. The largest absolute Gasteiger partial charge is 0.364 e. The molecule has 0 atom stereocenters. The lowest BCUT2D eigenvalue weighted by Crippen LogP contribution is -2.33. The monoisotopic (exact) mass is 276 g/mol. The average Bonchev–Trinajstić information content (AvgIpc) is 2.88. The van der Waals surface area contributed by atoms with Crippen molar-refractivity contribution in [3.8, 4) is 0 Å². The molecular formula is C14H16N2O2S. The summed E-state index contributed by atoms with van der Waals surface area (Å²) in [5.41, 5.74) is 0.720. The van der Waals surface area contributed by atoms with E-state index in [2.05, 4.69) is 4.98 Å². The molecule has 0 aliphatic carbocycles. The number of carbonyl (C=O) groups excluding carboxylic acids is 1. The third-order valence-electron chi connectivity index (χ3n) is 2.88. The molecule has 5 heteroatoms. The molecule has 2 aromatic rings. The summed E-state index contributed by atoms with van der Waals surface area (Å²) in [6.07, 6.45) is 1.50. The van der Waals surface area contributed by atoms with Gasteiger partial charge in [-0.1, -0.05) is 6.07 Å². The molecular weight excluding hydrogens is 260 g/mol. The Morgan fingerprint density at radius 1 is 1.47 bits per heavy atom. The van der Waals surface area contributed by atoms with E-state index in [0.29, 0.717) is 13.1 Å². The van der Waals surface area contributed by atoms with E-state index >= 15 is 0 Å². The maximum absolute atomic E-state index is 12.3. The standard InChI is InChI=1S/C14H16N2O2S/c1-3-16(9-11-5-4-6-19-11)14(18)12-8-15-10(2)7-13(12)17/h4-8H,3,9H2,1-2H3,(H,15,17). The van der Waals surface area contributed by atoms with Gasteiger partial charge >= 0.3 is 0 Å². The summed E-state index contributed by atoms with van der Waals surface area (Å²) in [5.74, 6) is -0.225. The summed E-state index contributed by atoms with van der Waals surface area (Å²) >= 11 is 1.61. The van der Waals surface area contributed by atoms with Gasteiger partial charge in [-0.05, 0) is 25.3 Å². The van der Waals surface area contributed by atoms with Gasteiger partial charge in [0.2, 0.25) is 0 Å². The normalized spacial score (nSPS) is 10.4. The minimum absolute atomic E-state index is 0.198. The lowest BCUT2D eigenvalue weighted by molar-refractivity contribution is 0.0752. The third kappa shape index (κ3) is 3.12. The molecule has 2 heterocycles. The van der Waals surface area contributed by atoms with Gasteiger partial charge in [0.15, 0.2) is 5.43 Å². The highest BCUT2D eigenvalue weighted by Crippen LogP contribution is 2.13.